The maximum Gasteiger partial charge on any atom is 0.241 e. The summed E-state index contributed by atoms with van der Waals surface area (Å²) in [6.45, 7) is 3.63. The lowest BCUT2D eigenvalue weighted by Gasteiger charge is -2.23. The Morgan fingerprint density at radius 1 is 1.57 bits per heavy atom. The first-order chi connectivity index (χ1) is 10.0. The number of thiocarbonyl (C=S) groups is 1. The second-order valence-corrected chi connectivity index (χ2v) is 5.85. The second-order valence-electron chi connectivity index (χ2n) is 5.41. The van der Waals surface area contributed by atoms with Crippen molar-refractivity contribution in [1.82, 2.24) is 4.90 Å². The number of benzene rings is 1. The van der Waals surface area contributed by atoms with E-state index < -0.39 is 0 Å². The van der Waals surface area contributed by atoms with Gasteiger partial charge in [0.25, 0.3) is 0 Å². The molecule has 21 heavy (non-hydrogen) atoms. The van der Waals surface area contributed by atoms with E-state index in [2.05, 4.69) is 10.2 Å². The van der Waals surface area contributed by atoms with E-state index in [1.54, 1.807) is 12.1 Å². The largest absolute Gasteiger partial charge is 0.396 e. The number of rotatable bonds is 5. The average Bonchev–Trinajstić information content (AvgIpc) is 2.95. The van der Waals surface area contributed by atoms with Crippen molar-refractivity contribution in [2.45, 2.75) is 19.4 Å². The van der Waals surface area contributed by atoms with Crippen LogP contribution in [-0.4, -0.2) is 46.6 Å². The number of anilines is 1. The van der Waals surface area contributed by atoms with E-state index in [0.717, 1.165) is 19.5 Å². The molecule has 0 saturated carbocycles. The van der Waals surface area contributed by atoms with Gasteiger partial charge < -0.3 is 16.2 Å². The van der Waals surface area contributed by atoms with Crippen LogP contribution < -0.4 is 11.1 Å². The van der Waals surface area contributed by atoms with Gasteiger partial charge in [0.15, 0.2) is 0 Å². The molecule has 4 N–H and O–H groups in total. The molecule has 114 valence electrons. The van der Waals surface area contributed by atoms with Gasteiger partial charge in [-0.05, 0) is 37.9 Å². The Kier molecular flexibility index (Phi) is 5.27. The fourth-order valence-electron chi connectivity index (χ4n) is 2.57. The molecule has 1 aliphatic heterocycles. The highest BCUT2D eigenvalue weighted by atomic mass is 32.1. The Morgan fingerprint density at radius 2 is 2.29 bits per heavy atom. The van der Waals surface area contributed by atoms with Crippen LogP contribution in [0.15, 0.2) is 24.3 Å². The third-order valence-electron chi connectivity index (χ3n) is 3.95. The number of likely N-dealkylation sites (tertiary alicyclic amines) is 1. The molecule has 2 unspecified atom stereocenters. The molecule has 2 atom stereocenters. The van der Waals surface area contributed by atoms with Crippen molar-refractivity contribution in [3.05, 3.63) is 29.8 Å². The number of carbonyl (C=O) groups is 1. The van der Waals surface area contributed by atoms with Gasteiger partial charge in [0.05, 0.1) is 11.7 Å². The molecule has 5 nitrogen and oxygen atoms in total. The van der Waals surface area contributed by atoms with Crippen molar-refractivity contribution >= 4 is 28.8 Å². The van der Waals surface area contributed by atoms with Crippen molar-refractivity contribution in [3.63, 3.8) is 0 Å². The summed E-state index contributed by atoms with van der Waals surface area (Å²) in [5, 5.41) is 12.1. The molecule has 0 aromatic heterocycles. The topological polar surface area (TPSA) is 78.6 Å². The van der Waals surface area contributed by atoms with Crippen LogP contribution in [0, 0.1) is 5.92 Å². The summed E-state index contributed by atoms with van der Waals surface area (Å²) in [5.74, 6) is 0.182. The summed E-state index contributed by atoms with van der Waals surface area (Å²) in [5.41, 5.74) is 6.97. The Balaban J connectivity index is 2.03. The van der Waals surface area contributed by atoms with Crippen LogP contribution in [0.3, 0.4) is 0 Å². The van der Waals surface area contributed by atoms with Gasteiger partial charge >= 0.3 is 0 Å². The zero-order valence-electron chi connectivity index (χ0n) is 12.1. The molecule has 1 heterocycles. The normalized spacial score (nSPS) is 20.2. The van der Waals surface area contributed by atoms with Gasteiger partial charge in [-0.3, -0.25) is 9.69 Å². The van der Waals surface area contributed by atoms with E-state index in [-0.39, 0.29) is 29.5 Å². The van der Waals surface area contributed by atoms with Crippen LogP contribution in [0.5, 0.6) is 0 Å². The van der Waals surface area contributed by atoms with Crippen molar-refractivity contribution in [1.29, 1.82) is 0 Å². The number of aliphatic hydroxyl groups is 1. The monoisotopic (exact) mass is 307 g/mol. The van der Waals surface area contributed by atoms with Crippen LogP contribution in [0.4, 0.5) is 5.69 Å². The Bertz CT molecular complexity index is 535. The molecule has 0 bridgehead atoms. The summed E-state index contributed by atoms with van der Waals surface area (Å²) in [6.07, 6.45) is 0.928. The maximum absolute atomic E-state index is 12.4. The predicted molar refractivity (Wildman–Crippen MR) is 87.2 cm³/mol. The molecular weight excluding hydrogens is 286 g/mol. The first kappa shape index (κ1) is 15.9. The van der Waals surface area contributed by atoms with Crippen LogP contribution in [0.1, 0.15) is 18.9 Å². The van der Waals surface area contributed by atoms with Gasteiger partial charge in [-0.15, -0.1) is 0 Å². The summed E-state index contributed by atoms with van der Waals surface area (Å²) >= 11 is 4.99. The SMILES string of the molecule is CC(C(=O)Nc1ccccc1C(N)=S)N1CCC(CO)C1. The lowest BCUT2D eigenvalue weighted by atomic mass is 10.1. The van der Waals surface area contributed by atoms with Crippen molar-refractivity contribution in [2.24, 2.45) is 11.7 Å². The first-order valence-corrected chi connectivity index (χ1v) is 7.48. The number of aliphatic hydroxyl groups excluding tert-OH is 1. The zero-order chi connectivity index (χ0) is 15.4. The van der Waals surface area contributed by atoms with Crippen molar-refractivity contribution in [2.75, 3.05) is 25.0 Å². The van der Waals surface area contributed by atoms with E-state index in [1.807, 2.05) is 19.1 Å². The van der Waals surface area contributed by atoms with Crippen molar-refractivity contribution in [3.8, 4) is 0 Å². The molecule has 2 rings (SSSR count). The molecule has 6 heteroatoms. The van der Waals surface area contributed by atoms with Gasteiger partial charge in [-0.2, -0.15) is 0 Å². The molecule has 1 saturated heterocycles. The first-order valence-electron chi connectivity index (χ1n) is 7.07. The van der Waals surface area contributed by atoms with E-state index in [9.17, 15) is 9.90 Å². The summed E-state index contributed by atoms with van der Waals surface area (Å²) in [6, 6.07) is 7.00. The predicted octanol–water partition coefficient (Wildman–Crippen LogP) is 0.962. The number of amides is 1. The number of nitrogens with two attached hydrogens (primary N) is 1. The molecule has 1 aromatic rings. The number of nitrogens with one attached hydrogen (secondary N) is 1. The number of para-hydroxylation sites is 1. The number of hydrogen-bond acceptors (Lipinski definition) is 4. The smallest absolute Gasteiger partial charge is 0.241 e. The summed E-state index contributed by atoms with van der Waals surface area (Å²) < 4.78 is 0. The Morgan fingerprint density at radius 3 is 2.90 bits per heavy atom. The van der Waals surface area contributed by atoms with E-state index in [1.165, 1.54) is 0 Å². The fourth-order valence-corrected chi connectivity index (χ4v) is 2.75. The molecule has 1 aromatic carbocycles. The van der Waals surface area contributed by atoms with Gasteiger partial charge in [0.1, 0.15) is 4.99 Å². The second kappa shape index (κ2) is 6.98. The molecular formula is C15H21N3O2S. The van der Waals surface area contributed by atoms with Gasteiger partial charge in [-0.1, -0.05) is 24.4 Å². The van der Waals surface area contributed by atoms with E-state index >= 15 is 0 Å². The molecule has 1 amide bonds. The number of hydrogen-bond donors (Lipinski definition) is 3. The van der Waals surface area contributed by atoms with E-state index in [4.69, 9.17) is 18.0 Å². The minimum absolute atomic E-state index is 0.0858. The number of nitrogens with zero attached hydrogens (tertiary/aromatic N) is 1. The fraction of sp³-hybridized carbons (Fsp3) is 0.467. The van der Waals surface area contributed by atoms with Gasteiger partial charge in [0.2, 0.25) is 5.91 Å². The maximum atomic E-state index is 12.4. The van der Waals surface area contributed by atoms with Crippen molar-refractivity contribution < 1.29 is 9.90 Å². The molecule has 1 fully saturated rings. The Hall–Kier alpha value is -1.50. The number of carbonyl (C=O) groups excluding carboxylic acids is 1. The van der Waals surface area contributed by atoms with Crippen LogP contribution in [0.25, 0.3) is 0 Å². The highest BCUT2D eigenvalue weighted by Crippen LogP contribution is 2.20. The highest BCUT2D eigenvalue weighted by Gasteiger charge is 2.29. The molecule has 1 aliphatic rings. The third kappa shape index (κ3) is 3.78. The quantitative estimate of drug-likeness (QED) is 0.706. The minimum atomic E-state index is -0.249. The standard InChI is InChI=1S/C15H21N3O2S/c1-10(18-7-6-11(8-18)9-19)15(20)17-13-5-3-2-4-12(13)14(16)21/h2-5,10-11,19H,6-9H2,1H3,(H2,16,21)(H,17,20). The average molecular weight is 307 g/mol. The zero-order valence-corrected chi connectivity index (χ0v) is 12.9. The molecule has 0 aliphatic carbocycles. The van der Waals surface area contributed by atoms with Crippen LogP contribution in [0.2, 0.25) is 0 Å². The lowest BCUT2D eigenvalue weighted by Crippen LogP contribution is -2.41. The van der Waals surface area contributed by atoms with Crippen LogP contribution >= 0.6 is 12.2 Å². The Labute approximate surface area is 130 Å². The highest BCUT2D eigenvalue weighted by molar-refractivity contribution is 7.80. The van der Waals surface area contributed by atoms with Gasteiger partial charge in [-0.25, -0.2) is 0 Å². The molecule has 0 radical (unpaired) electrons. The van der Waals surface area contributed by atoms with Crippen LogP contribution in [-0.2, 0) is 4.79 Å². The van der Waals surface area contributed by atoms with Gasteiger partial charge in [0, 0.05) is 18.7 Å². The lowest BCUT2D eigenvalue weighted by molar-refractivity contribution is -0.120. The van der Waals surface area contributed by atoms with E-state index in [0.29, 0.717) is 11.3 Å². The third-order valence-corrected chi connectivity index (χ3v) is 4.17. The summed E-state index contributed by atoms with van der Waals surface area (Å²) in [7, 11) is 0. The molecule has 0 spiro atoms. The summed E-state index contributed by atoms with van der Waals surface area (Å²) in [4.78, 5) is 14.7. The minimum Gasteiger partial charge on any atom is -0.396 e.